The van der Waals surface area contributed by atoms with Crippen molar-refractivity contribution in [2.45, 2.75) is 32.4 Å². The molecule has 1 aromatic carbocycles. The van der Waals surface area contributed by atoms with Crippen LogP contribution in [0.1, 0.15) is 25.3 Å². The molecule has 2 aliphatic rings. The van der Waals surface area contributed by atoms with E-state index in [1.54, 1.807) is 0 Å². The van der Waals surface area contributed by atoms with E-state index in [0.717, 1.165) is 18.5 Å². The summed E-state index contributed by atoms with van der Waals surface area (Å²) in [5, 5.41) is 3.57. The quantitative estimate of drug-likeness (QED) is 0.831. The lowest BCUT2D eigenvalue weighted by molar-refractivity contribution is 0.447. The molecule has 86 valence electrons. The number of rotatable bonds is 4. The highest BCUT2D eigenvalue weighted by Gasteiger charge is 2.23. The first-order chi connectivity index (χ1) is 7.81. The van der Waals surface area contributed by atoms with Crippen LogP contribution in [0.4, 0.5) is 5.69 Å². The second-order valence-electron chi connectivity index (χ2n) is 5.34. The number of anilines is 1. The Morgan fingerprint density at radius 2 is 2.12 bits per heavy atom. The molecule has 0 spiro atoms. The van der Waals surface area contributed by atoms with Crippen molar-refractivity contribution in [1.82, 2.24) is 5.32 Å². The minimum Gasteiger partial charge on any atom is -0.371 e. The van der Waals surface area contributed by atoms with Gasteiger partial charge in [-0.2, -0.15) is 0 Å². The first kappa shape index (κ1) is 10.2. The van der Waals surface area contributed by atoms with Crippen molar-refractivity contribution in [1.29, 1.82) is 0 Å². The topological polar surface area (TPSA) is 15.3 Å². The Bertz CT molecular complexity index is 365. The van der Waals surface area contributed by atoms with Crippen molar-refractivity contribution in [3.8, 4) is 0 Å². The minimum atomic E-state index is 0.799. The molecular formula is C14H20N2. The van der Waals surface area contributed by atoms with Gasteiger partial charge < -0.3 is 10.2 Å². The largest absolute Gasteiger partial charge is 0.371 e. The van der Waals surface area contributed by atoms with Gasteiger partial charge in [0, 0.05) is 31.4 Å². The number of benzene rings is 1. The maximum Gasteiger partial charge on any atom is 0.0369 e. The molecule has 1 aromatic rings. The monoisotopic (exact) mass is 216 g/mol. The molecule has 2 fully saturated rings. The third-order valence-corrected chi connectivity index (χ3v) is 3.51. The van der Waals surface area contributed by atoms with E-state index >= 15 is 0 Å². The minimum absolute atomic E-state index is 0.799. The Hall–Kier alpha value is -1.02. The van der Waals surface area contributed by atoms with Gasteiger partial charge in [0.05, 0.1) is 0 Å². The van der Waals surface area contributed by atoms with E-state index in [0.29, 0.717) is 0 Å². The fourth-order valence-electron chi connectivity index (χ4n) is 2.32. The molecule has 0 amide bonds. The van der Waals surface area contributed by atoms with Crippen molar-refractivity contribution < 1.29 is 0 Å². The molecule has 0 aromatic heterocycles. The van der Waals surface area contributed by atoms with E-state index in [9.17, 15) is 0 Å². The molecule has 1 saturated heterocycles. The van der Waals surface area contributed by atoms with Gasteiger partial charge in [-0.3, -0.25) is 0 Å². The Labute approximate surface area is 97.6 Å². The van der Waals surface area contributed by atoms with E-state index in [4.69, 9.17) is 0 Å². The molecule has 1 N–H and O–H groups in total. The summed E-state index contributed by atoms with van der Waals surface area (Å²) in [5.41, 5.74) is 2.82. The molecule has 1 aliphatic carbocycles. The van der Waals surface area contributed by atoms with Gasteiger partial charge in [0.1, 0.15) is 0 Å². The van der Waals surface area contributed by atoms with E-state index in [1.807, 2.05) is 0 Å². The predicted octanol–water partition coefficient (Wildman–Crippen LogP) is 2.39. The fourth-order valence-corrected chi connectivity index (χ4v) is 2.32. The highest BCUT2D eigenvalue weighted by Crippen LogP contribution is 2.25. The zero-order chi connectivity index (χ0) is 11.0. The van der Waals surface area contributed by atoms with E-state index < -0.39 is 0 Å². The van der Waals surface area contributed by atoms with E-state index in [2.05, 4.69) is 41.4 Å². The van der Waals surface area contributed by atoms with Crippen molar-refractivity contribution in [3.05, 3.63) is 29.8 Å². The van der Waals surface area contributed by atoms with Crippen LogP contribution in [0.2, 0.25) is 0 Å². The molecule has 0 radical (unpaired) electrons. The van der Waals surface area contributed by atoms with Crippen LogP contribution in [0.3, 0.4) is 0 Å². The molecule has 1 aliphatic heterocycles. The predicted molar refractivity (Wildman–Crippen MR) is 67.7 cm³/mol. The molecule has 0 bridgehead atoms. The Balaban J connectivity index is 1.62. The van der Waals surface area contributed by atoms with Gasteiger partial charge in [0.15, 0.2) is 0 Å². The van der Waals surface area contributed by atoms with Gasteiger partial charge in [0.25, 0.3) is 0 Å². The van der Waals surface area contributed by atoms with Gasteiger partial charge in [-0.1, -0.05) is 19.1 Å². The van der Waals surface area contributed by atoms with Crippen LogP contribution in [0, 0.1) is 5.92 Å². The summed E-state index contributed by atoms with van der Waals surface area (Å²) in [5.74, 6) is 0.869. The summed E-state index contributed by atoms with van der Waals surface area (Å²) in [6, 6.07) is 9.77. The molecule has 0 atom stereocenters. The van der Waals surface area contributed by atoms with Gasteiger partial charge in [-0.15, -0.1) is 0 Å². The van der Waals surface area contributed by atoms with Crippen LogP contribution in [0.15, 0.2) is 24.3 Å². The van der Waals surface area contributed by atoms with Gasteiger partial charge in [-0.25, -0.2) is 0 Å². The fraction of sp³-hybridized carbons (Fsp3) is 0.571. The molecule has 2 nitrogen and oxygen atoms in total. The Morgan fingerprint density at radius 1 is 1.31 bits per heavy atom. The highest BCUT2D eigenvalue weighted by atomic mass is 15.2. The van der Waals surface area contributed by atoms with Crippen LogP contribution >= 0.6 is 0 Å². The molecule has 2 heteroatoms. The van der Waals surface area contributed by atoms with E-state index in [-0.39, 0.29) is 0 Å². The molecule has 3 rings (SSSR count). The molecular weight excluding hydrogens is 196 g/mol. The van der Waals surface area contributed by atoms with Crippen molar-refractivity contribution in [2.24, 2.45) is 5.92 Å². The summed E-state index contributed by atoms with van der Waals surface area (Å²) in [6.07, 6.45) is 2.73. The SMILES string of the molecule is CC1CN(c2cccc(CNC3CC3)c2)C1. The molecule has 1 heterocycles. The average molecular weight is 216 g/mol. The second-order valence-corrected chi connectivity index (χ2v) is 5.34. The third kappa shape index (κ3) is 2.22. The number of hydrogen-bond acceptors (Lipinski definition) is 2. The van der Waals surface area contributed by atoms with Crippen LogP contribution < -0.4 is 10.2 Å². The van der Waals surface area contributed by atoms with Crippen molar-refractivity contribution in [2.75, 3.05) is 18.0 Å². The highest BCUT2D eigenvalue weighted by molar-refractivity contribution is 5.50. The van der Waals surface area contributed by atoms with Crippen LogP contribution in [0.5, 0.6) is 0 Å². The average Bonchev–Trinajstić information content (AvgIpc) is 3.06. The first-order valence-corrected chi connectivity index (χ1v) is 6.38. The zero-order valence-corrected chi connectivity index (χ0v) is 9.95. The van der Waals surface area contributed by atoms with Crippen LogP contribution in [0.25, 0.3) is 0 Å². The smallest absolute Gasteiger partial charge is 0.0369 e. The lowest BCUT2D eigenvalue weighted by Crippen LogP contribution is -2.45. The lowest BCUT2D eigenvalue weighted by atomic mass is 10.0. The van der Waals surface area contributed by atoms with Crippen LogP contribution in [-0.2, 0) is 6.54 Å². The van der Waals surface area contributed by atoms with Crippen LogP contribution in [-0.4, -0.2) is 19.1 Å². The Morgan fingerprint density at radius 3 is 2.81 bits per heavy atom. The second kappa shape index (κ2) is 4.10. The third-order valence-electron chi connectivity index (χ3n) is 3.51. The summed E-state index contributed by atoms with van der Waals surface area (Å²) in [6.45, 7) is 5.79. The number of nitrogens with one attached hydrogen (secondary N) is 1. The summed E-state index contributed by atoms with van der Waals surface area (Å²) in [7, 11) is 0. The number of nitrogens with zero attached hydrogens (tertiary/aromatic N) is 1. The summed E-state index contributed by atoms with van der Waals surface area (Å²) >= 11 is 0. The summed E-state index contributed by atoms with van der Waals surface area (Å²) in [4.78, 5) is 2.46. The molecule has 0 unspecified atom stereocenters. The zero-order valence-electron chi connectivity index (χ0n) is 9.95. The van der Waals surface area contributed by atoms with Crippen molar-refractivity contribution >= 4 is 5.69 Å². The standard InChI is InChI=1S/C14H20N2/c1-11-9-16(10-11)14-4-2-3-12(7-14)8-15-13-5-6-13/h2-4,7,11,13,15H,5-6,8-10H2,1H3. The Kier molecular flexibility index (Phi) is 2.60. The normalized spacial score (nSPS) is 20.9. The van der Waals surface area contributed by atoms with Gasteiger partial charge in [0.2, 0.25) is 0 Å². The van der Waals surface area contributed by atoms with E-state index in [1.165, 1.54) is 37.2 Å². The first-order valence-electron chi connectivity index (χ1n) is 6.38. The maximum atomic E-state index is 3.57. The van der Waals surface area contributed by atoms with Gasteiger partial charge >= 0.3 is 0 Å². The lowest BCUT2D eigenvalue weighted by Gasteiger charge is -2.39. The molecule has 16 heavy (non-hydrogen) atoms. The van der Waals surface area contributed by atoms with Crippen molar-refractivity contribution in [3.63, 3.8) is 0 Å². The van der Waals surface area contributed by atoms with Gasteiger partial charge in [-0.05, 0) is 36.5 Å². The number of hydrogen-bond donors (Lipinski definition) is 1. The molecule has 1 saturated carbocycles. The summed E-state index contributed by atoms with van der Waals surface area (Å²) < 4.78 is 0. The maximum absolute atomic E-state index is 3.57.